The lowest BCUT2D eigenvalue weighted by Crippen LogP contribution is -1.91. The molecule has 1 aliphatic carbocycles. The molecule has 0 heterocycles. The van der Waals surface area contributed by atoms with Crippen molar-refractivity contribution in [2.75, 3.05) is 5.73 Å². The first-order chi connectivity index (χ1) is 5.27. The SMILES string of the molecule is Cl.Nc1cc(C2CC2)ccc1F. The van der Waals surface area contributed by atoms with E-state index in [1.165, 1.54) is 24.5 Å². The summed E-state index contributed by atoms with van der Waals surface area (Å²) in [6.45, 7) is 0. The third kappa shape index (κ3) is 1.69. The first-order valence-electron chi connectivity index (χ1n) is 3.82. The number of nitrogen functional groups attached to an aromatic ring is 1. The summed E-state index contributed by atoms with van der Waals surface area (Å²) < 4.78 is 12.7. The Kier molecular flexibility index (Phi) is 2.58. The smallest absolute Gasteiger partial charge is 0.146 e. The van der Waals surface area contributed by atoms with Crippen molar-refractivity contribution in [3.8, 4) is 0 Å². The van der Waals surface area contributed by atoms with Gasteiger partial charge in [-0.25, -0.2) is 4.39 Å². The Balaban J connectivity index is 0.000000720. The number of benzene rings is 1. The molecule has 1 nitrogen and oxygen atoms in total. The number of halogens is 2. The van der Waals surface area contributed by atoms with Gasteiger partial charge in [-0.1, -0.05) is 6.07 Å². The van der Waals surface area contributed by atoms with Crippen LogP contribution in [0.1, 0.15) is 24.3 Å². The minimum absolute atomic E-state index is 0. The summed E-state index contributed by atoms with van der Waals surface area (Å²) in [4.78, 5) is 0. The van der Waals surface area contributed by atoms with Gasteiger partial charge in [0.1, 0.15) is 5.82 Å². The van der Waals surface area contributed by atoms with Crippen molar-refractivity contribution in [3.63, 3.8) is 0 Å². The van der Waals surface area contributed by atoms with Crippen molar-refractivity contribution in [1.29, 1.82) is 0 Å². The van der Waals surface area contributed by atoms with Crippen molar-refractivity contribution in [1.82, 2.24) is 0 Å². The zero-order chi connectivity index (χ0) is 7.84. The Morgan fingerprint density at radius 3 is 2.50 bits per heavy atom. The van der Waals surface area contributed by atoms with E-state index in [4.69, 9.17) is 5.73 Å². The Bertz CT molecular complexity index is 284. The van der Waals surface area contributed by atoms with Crippen LogP contribution in [-0.2, 0) is 0 Å². The third-order valence-corrected chi connectivity index (χ3v) is 2.07. The van der Waals surface area contributed by atoms with Crippen molar-refractivity contribution in [3.05, 3.63) is 29.6 Å². The molecule has 1 saturated carbocycles. The van der Waals surface area contributed by atoms with Crippen LogP contribution in [0.3, 0.4) is 0 Å². The molecule has 2 N–H and O–H groups in total. The van der Waals surface area contributed by atoms with E-state index in [0.717, 1.165) is 0 Å². The number of rotatable bonds is 1. The normalized spacial score (nSPS) is 15.4. The van der Waals surface area contributed by atoms with Crippen LogP contribution in [0.4, 0.5) is 10.1 Å². The minimum Gasteiger partial charge on any atom is -0.396 e. The fourth-order valence-corrected chi connectivity index (χ4v) is 1.23. The van der Waals surface area contributed by atoms with E-state index >= 15 is 0 Å². The first kappa shape index (κ1) is 9.33. The van der Waals surface area contributed by atoms with Crippen LogP contribution in [-0.4, -0.2) is 0 Å². The topological polar surface area (TPSA) is 26.0 Å². The first-order valence-corrected chi connectivity index (χ1v) is 3.82. The largest absolute Gasteiger partial charge is 0.396 e. The summed E-state index contributed by atoms with van der Waals surface area (Å²) in [5.74, 6) is 0.340. The third-order valence-electron chi connectivity index (χ3n) is 2.07. The lowest BCUT2D eigenvalue weighted by atomic mass is 10.1. The van der Waals surface area contributed by atoms with Crippen LogP contribution >= 0.6 is 12.4 Å². The molecule has 0 bridgehead atoms. The van der Waals surface area contributed by atoms with Gasteiger partial charge in [-0.15, -0.1) is 12.4 Å². The molecule has 1 aliphatic rings. The lowest BCUT2D eigenvalue weighted by Gasteiger charge is -1.99. The zero-order valence-electron chi connectivity index (χ0n) is 6.59. The summed E-state index contributed by atoms with van der Waals surface area (Å²) in [7, 11) is 0. The number of hydrogen-bond donors (Lipinski definition) is 1. The van der Waals surface area contributed by atoms with Crippen LogP contribution in [0.5, 0.6) is 0 Å². The van der Waals surface area contributed by atoms with Gasteiger partial charge in [0.05, 0.1) is 5.69 Å². The molecule has 0 aliphatic heterocycles. The number of nitrogens with two attached hydrogens (primary N) is 1. The molecule has 0 saturated heterocycles. The van der Waals surface area contributed by atoms with Crippen LogP contribution in [0.25, 0.3) is 0 Å². The van der Waals surface area contributed by atoms with Gasteiger partial charge in [-0.05, 0) is 36.5 Å². The van der Waals surface area contributed by atoms with Gasteiger partial charge in [0.15, 0.2) is 0 Å². The molecule has 1 aromatic carbocycles. The number of anilines is 1. The van der Waals surface area contributed by atoms with Gasteiger partial charge in [-0.2, -0.15) is 0 Å². The van der Waals surface area contributed by atoms with E-state index in [-0.39, 0.29) is 23.9 Å². The predicted octanol–water partition coefficient (Wildman–Crippen LogP) is 2.71. The van der Waals surface area contributed by atoms with E-state index in [2.05, 4.69) is 0 Å². The second kappa shape index (κ2) is 3.31. The predicted molar refractivity (Wildman–Crippen MR) is 50.0 cm³/mol. The fourth-order valence-electron chi connectivity index (χ4n) is 1.23. The van der Waals surface area contributed by atoms with E-state index in [0.29, 0.717) is 5.92 Å². The molecule has 1 aromatic rings. The molecule has 0 atom stereocenters. The second-order valence-corrected chi connectivity index (χ2v) is 3.06. The van der Waals surface area contributed by atoms with Crippen molar-refractivity contribution in [2.24, 2.45) is 0 Å². The Labute approximate surface area is 77.2 Å². The Morgan fingerprint density at radius 1 is 1.33 bits per heavy atom. The lowest BCUT2D eigenvalue weighted by molar-refractivity contribution is 0.632. The van der Waals surface area contributed by atoms with Crippen molar-refractivity contribution < 1.29 is 4.39 Å². The fraction of sp³-hybridized carbons (Fsp3) is 0.333. The average Bonchev–Trinajstić information content (AvgIpc) is 2.77. The molecular weight excluding hydrogens is 177 g/mol. The highest BCUT2D eigenvalue weighted by Gasteiger charge is 2.23. The zero-order valence-corrected chi connectivity index (χ0v) is 7.40. The molecule has 1 fully saturated rings. The van der Waals surface area contributed by atoms with Gasteiger partial charge >= 0.3 is 0 Å². The standard InChI is InChI=1S/C9H10FN.ClH/c10-8-4-3-7(5-9(8)11)6-1-2-6;/h3-6H,1-2,11H2;1H. The summed E-state index contributed by atoms with van der Waals surface area (Å²) in [5.41, 5.74) is 6.87. The molecule has 3 heteroatoms. The number of hydrogen-bond acceptors (Lipinski definition) is 1. The van der Waals surface area contributed by atoms with Crippen LogP contribution in [0, 0.1) is 5.82 Å². The van der Waals surface area contributed by atoms with Gasteiger partial charge in [-0.3, -0.25) is 0 Å². The van der Waals surface area contributed by atoms with Crippen LogP contribution < -0.4 is 5.73 Å². The highest BCUT2D eigenvalue weighted by molar-refractivity contribution is 5.85. The molecule has 0 spiro atoms. The Morgan fingerprint density at radius 2 is 2.00 bits per heavy atom. The van der Waals surface area contributed by atoms with Gasteiger partial charge < -0.3 is 5.73 Å². The summed E-state index contributed by atoms with van der Waals surface area (Å²) in [5, 5.41) is 0. The molecule has 2 rings (SSSR count). The quantitative estimate of drug-likeness (QED) is 0.673. The molecule has 66 valence electrons. The molecular formula is C9H11ClFN. The molecule has 0 radical (unpaired) electrons. The molecule has 12 heavy (non-hydrogen) atoms. The maximum Gasteiger partial charge on any atom is 0.146 e. The average molecular weight is 188 g/mol. The van der Waals surface area contributed by atoms with E-state index in [1.807, 2.05) is 6.07 Å². The maximum atomic E-state index is 12.7. The summed E-state index contributed by atoms with van der Waals surface area (Å²) in [6, 6.07) is 5.01. The van der Waals surface area contributed by atoms with E-state index in [9.17, 15) is 4.39 Å². The summed E-state index contributed by atoms with van der Waals surface area (Å²) in [6.07, 6.45) is 2.45. The summed E-state index contributed by atoms with van der Waals surface area (Å²) >= 11 is 0. The molecule has 0 amide bonds. The van der Waals surface area contributed by atoms with Crippen LogP contribution in [0.15, 0.2) is 18.2 Å². The highest BCUT2D eigenvalue weighted by atomic mass is 35.5. The van der Waals surface area contributed by atoms with Gasteiger partial charge in [0.2, 0.25) is 0 Å². The van der Waals surface area contributed by atoms with Crippen molar-refractivity contribution >= 4 is 18.1 Å². The van der Waals surface area contributed by atoms with Crippen LogP contribution in [0.2, 0.25) is 0 Å². The second-order valence-electron chi connectivity index (χ2n) is 3.06. The minimum atomic E-state index is -0.311. The Hall–Kier alpha value is -0.760. The van der Waals surface area contributed by atoms with Gasteiger partial charge in [0.25, 0.3) is 0 Å². The molecule has 0 aromatic heterocycles. The van der Waals surface area contributed by atoms with E-state index in [1.54, 1.807) is 6.07 Å². The maximum absolute atomic E-state index is 12.7. The molecule has 0 unspecified atom stereocenters. The van der Waals surface area contributed by atoms with E-state index < -0.39 is 0 Å². The van der Waals surface area contributed by atoms with Crippen molar-refractivity contribution in [2.45, 2.75) is 18.8 Å². The van der Waals surface area contributed by atoms with Gasteiger partial charge in [0, 0.05) is 0 Å². The monoisotopic (exact) mass is 187 g/mol. The highest BCUT2D eigenvalue weighted by Crippen LogP contribution is 2.40.